The predicted molar refractivity (Wildman–Crippen MR) is 91.7 cm³/mol. The van der Waals surface area contributed by atoms with Gasteiger partial charge in [0.15, 0.2) is 0 Å². The van der Waals surface area contributed by atoms with Crippen molar-refractivity contribution in [3.8, 4) is 5.75 Å². The molecule has 3 nitrogen and oxygen atoms in total. The fourth-order valence-corrected chi connectivity index (χ4v) is 3.04. The average molecular weight is 305 g/mol. The molecule has 2 atom stereocenters. The lowest BCUT2D eigenvalue weighted by molar-refractivity contribution is -0.0682. The van der Waals surface area contributed by atoms with Gasteiger partial charge in [-0.1, -0.05) is 26.0 Å². The van der Waals surface area contributed by atoms with Crippen molar-refractivity contribution < 1.29 is 9.47 Å². The largest absolute Gasteiger partial charge is 0.494 e. The van der Waals surface area contributed by atoms with E-state index >= 15 is 0 Å². The van der Waals surface area contributed by atoms with E-state index in [0.29, 0.717) is 18.1 Å². The monoisotopic (exact) mass is 305 g/mol. The van der Waals surface area contributed by atoms with Gasteiger partial charge in [-0.15, -0.1) is 0 Å². The van der Waals surface area contributed by atoms with Gasteiger partial charge in [-0.3, -0.25) is 4.90 Å². The molecule has 1 heterocycles. The number of hydrogen-bond acceptors (Lipinski definition) is 3. The quantitative estimate of drug-likeness (QED) is 0.709. The number of rotatable bonds is 7. The van der Waals surface area contributed by atoms with Crippen molar-refractivity contribution in [3.63, 3.8) is 0 Å². The van der Waals surface area contributed by atoms with Crippen LogP contribution >= 0.6 is 0 Å². The second-order valence-corrected chi connectivity index (χ2v) is 6.80. The Morgan fingerprint density at radius 1 is 1.09 bits per heavy atom. The molecule has 124 valence electrons. The zero-order valence-corrected chi connectivity index (χ0v) is 14.5. The molecule has 0 saturated carbocycles. The molecule has 1 aromatic carbocycles. The zero-order valence-electron chi connectivity index (χ0n) is 14.5. The second kappa shape index (κ2) is 8.54. The third kappa shape index (κ3) is 5.62. The summed E-state index contributed by atoms with van der Waals surface area (Å²) < 4.78 is 11.6. The van der Waals surface area contributed by atoms with Crippen LogP contribution < -0.4 is 4.74 Å². The molecular formula is C19H31NO2. The van der Waals surface area contributed by atoms with Gasteiger partial charge in [-0.05, 0) is 56.8 Å². The van der Waals surface area contributed by atoms with E-state index in [4.69, 9.17) is 9.47 Å². The van der Waals surface area contributed by atoms with E-state index in [1.54, 1.807) is 0 Å². The fraction of sp³-hybridized carbons (Fsp3) is 0.684. The summed E-state index contributed by atoms with van der Waals surface area (Å²) in [7, 11) is 0. The van der Waals surface area contributed by atoms with Crippen LogP contribution in [0.5, 0.6) is 5.75 Å². The van der Waals surface area contributed by atoms with Crippen molar-refractivity contribution >= 4 is 0 Å². The molecule has 0 N–H and O–H groups in total. The predicted octanol–water partition coefficient (Wildman–Crippen LogP) is 4.08. The van der Waals surface area contributed by atoms with Crippen molar-refractivity contribution in [2.24, 2.45) is 0 Å². The van der Waals surface area contributed by atoms with Crippen molar-refractivity contribution in [1.82, 2.24) is 4.90 Å². The van der Waals surface area contributed by atoms with Crippen LogP contribution in [0.15, 0.2) is 24.3 Å². The van der Waals surface area contributed by atoms with E-state index < -0.39 is 0 Å². The smallest absolute Gasteiger partial charge is 0.119 e. The number of benzene rings is 1. The number of hydrogen-bond donors (Lipinski definition) is 0. The lowest BCUT2D eigenvalue weighted by atomic mass is 10.0. The molecule has 1 aromatic rings. The summed E-state index contributed by atoms with van der Waals surface area (Å²) in [5.41, 5.74) is 1.36. The number of unbranched alkanes of at least 4 members (excludes halogenated alkanes) is 1. The second-order valence-electron chi connectivity index (χ2n) is 6.80. The van der Waals surface area contributed by atoms with Crippen LogP contribution in [-0.2, 0) is 4.74 Å². The highest BCUT2D eigenvalue weighted by molar-refractivity contribution is 5.28. The molecule has 1 aliphatic rings. The van der Waals surface area contributed by atoms with Gasteiger partial charge in [-0.25, -0.2) is 0 Å². The molecule has 3 heteroatoms. The first-order valence-corrected chi connectivity index (χ1v) is 8.65. The van der Waals surface area contributed by atoms with Gasteiger partial charge < -0.3 is 9.47 Å². The minimum absolute atomic E-state index is 0.361. The molecule has 0 radical (unpaired) electrons. The summed E-state index contributed by atoms with van der Waals surface area (Å²) in [6.45, 7) is 12.8. The molecule has 0 bridgehead atoms. The minimum Gasteiger partial charge on any atom is -0.494 e. The maximum absolute atomic E-state index is 5.83. The Morgan fingerprint density at radius 2 is 1.73 bits per heavy atom. The SMILES string of the molecule is CC(C)c1ccc(OCCCCN2C[C@@H](C)O[C@H](C)C2)cc1. The standard InChI is InChI=1S/C19H31NO2/c1-15(2)18-7-9-19(10-8-18)21-12-6-5-11-20-13-16(3)22-17(4)14-20/h7-10,15-17H,5-6,11-14H2,1-4H3/t16-,17-/m1/s1. The van der Waals surface area contributed by atoms with E-state index in [2.05, 4.69) is 56.9 Å². The molecule has 0 spiro atoms. The summed E-state index contributed by atoms with van der Waals surface area (Å²) in [6.07, 6.45) is 3.01. The van der Waals surface area contributed by atoms with Gasteiger partial charge in [0.1, 0.15) is 5.75 Å². The summed E-state index contributed by atoms with van der Waals surface area (Å²) in [5.74, 6) is 1.56. The Bertz CT molecular complexity index is 420. The highest BCUT2D eigenvalue weighted by Gasteiger charge is 2.21. The van der Waals surface area contributed by atoms with Gasteiger partial charge >= 0.3 is 0 Å². The normalized spacial score (nSPS) is 23.0. The van der Waals surface area contributed by atoms with Crippen LogP contribution in [-0.4, -0.2) is 43.3 Å². The average Bonchev–Trinajstić information content (AvgIpc) is 2.46. The zero-order chi connectivity index (χ0) is 15.9. The number of nitrogens with zero attached hydrogens (tertiary/aromatic N) is 1. The van der Waals surface area contributed by atoms with Gasteiger partial charge in [0.2, 0.25) is 0 Å². The van der Waals surface area contributed by atoms with Crippen LogP contribution in [0.4, 0.5) is 0 Å². The van der Waals surface area contributed by atoms with Crippen molar-refractivity contribution in [3.05, 3.63) is 29.8 Å². The highest BCUT2D eigenvalue weighted by atomic mass is 16.5. The van der Waals surface area contributed by atoms with Crippen molar-refractivity contribution in [1.29, 1.82) is 0 Å². The van der Waals surface area contributed by atoms with E-state index in [9.17, 15) is 0 Å². The van der Waals surface area contributed by atoms with Crippen molar-refractivity contribution in [2.75, 3.05) is 26.2 Å². The summed E-state index contributed by atoms with van der Waals surface area (Å²) >= 11 is 0. The van der Waals surface area contributed by atoms with Gasteiger partial charge in [0.25, 0.3) is 0 Å². The number of ether oxygens (including phenoxy) is 2. The molecule has 22 heavy (non-hydrogen) atoms. The van der Waals surface area contributed by atoms with Gasteiger partial charge in [0.05, 0.1) is 18.8 Å². The maximum Gasteiger partial charge on any atom is 0.119 e. The summed E-state index contributed by atoms with van der Waals surface area (Å²) in [6, 6.07) is 8.49. The van der Waals surface area contributed by atoms with Crippen LogP contribution in [0.25, 0.3) is 0 Å². The third-order valence-electron chi connectivity index (χ3n) is 4.18. The Morgan fingerprint density at radius 3 is 2.32 bits per heavy atom. The summed E-state index contributed by atoms with van der Waals surface area (Å²) in [5, 5.41) is 0. The molecule has 1 fully saturated rings. The van der Waals surface area contributed by atoms with E-state index in [-0.39, 0.29) is 0 Å². The molecule has 1 aliphatic heterocycles. The van der Waals surface area contributed by atoms with E-state index in [1.807, 2.05) is 0 Å². The Kier molecular flexibility index (Phi) is 6.71. The first-order valence-electron chi connectivity index (χ1n) is 8.65. The Labute approximate surface area is 135 Å². The maximum atomic E-state index is 5.83. The van der Waals surface area contributed by atoms with Gasteiger partial charge in [0, 0.05) is 13.1 Å². The molecule has 0 unspecified atom stereocenters. The molecule has 0 aromatic heterocycles. The van der Waals surface area contributed by atoms with Crippen LogP contribution in [0.2, 0.25) is 0 Å². The lowest BCUT2D eigenvalue weighted by Crippen LogP contribution is -2.45. The molecule has 2 rings (SSSR count). The van der Waals surface area contributed by atoms with Crippen molar-refractivity contribution in [2.45, 2.75) is 58.7 Å². The van der Waals surface area contributed by atoms with Crippen LogP contribution in [0.1, 0.15) is 52.0 Å². The Hall–Kier alpha value is -1.06. The topological polar surface area (TPSA) is 21.7 Å². The van der Waals surface area contributed by atoms with E-state index in [0.717, 1.165) is 38.4 Å². The minimum atomic E-state index is 0.361. The van der Waals surface area contributed by atoms with Gasteiger partial charge in [-0.2, -0.15) is 0 Å². The molecular weight excluding hydrogens is 274 g/mol. The first-order chi connectivity index (χ1) is 10.5. The lowest BCUT2D eigenvalue weighted by Gasteiger charge is -2.35. The van der Waals surface area contributed by atoms with E-state index in [1.165, 1.54) is 12.0 Å². The summed E-state index contributed by atoms with van der Waals surface area (Å²) in [4.78, 5) is 2.51. The van der Waals surface area contributed by atoms with Crippen LogP contribution in [0, 0.1) is 0 Å². The Balaban J connectivity index is 1.61. The highest BCUT2D eigenvalue weighted by Crippen LogP contribution is 2.18. The molecule has 0 amide bonds. The first kappa shape index (κ1) is 17.3. The molecule has 1 saturated heterocycles. The molecule has 0 aliphatic carbocycles. The number of morpholine rings is 1. The van der Waals surface area contributed by atoms with Crippen LogP contribution in [0.3, 0.4) is 0 Å². The fourth-order valence-electron chi connectivity index (χ4n) is 3.04. The third-order valence-corrected chi connectivity index (χ3v) is 4.18.